The lowest BCUT2D eigenvalue weighted by atomic mass is 10.0. The molecule has 0 saturated carbocycles. The van der Waals surface area contributed by atoms with Gasteiger partial charge in [-0.2, -0.15) is 5.10 Å². The number of aromatic nitrogens is 2. The minimum absolute atomic E-state index is 0.00452. The second-order valence-electron chi connectivity index (χ2n) is 6.06. The zero-order valence-electron chi connectivity index (χ0n) is 13.5. The quantitative estimate of drug-likeness (QED) is 0.850. The van der Waals surface area contributed by atoms with Crippen molar-refractivity contribution in [3.05, 3.63) is 36.0 Å². The van der Waals surface area contributed by atoms with E-state index in [1.54, 1.807) is 0 Å². The molecule has 1 aromatic heterocycles. The lowest BCUT2D eigenvalue weighted by Gasteiger charge is -2.19. The van der Waals surface area contributed by atoms with E-state index in [0.29, 0.717) is 19.0 Å². The van der Waals surface area contributed by atoms with E-state index in [-0.39, 0.29) is 11.8 Å². The Bertz CT molecular complexity index is 802. The molecule has 0 saturated heterocycles. The first kappa shape index (κ1) is 14.8. The maximum atomic E-state index is 12.4. The van der Waals surface area contributed by atoms with E-state index in [1.165, 1.54) is 0 Å². The smallest absolute Gasteiger partial charge is 0.229 e. The molecule has 0 atom stereocenters. The lowest BCUT2D eigenvalue weighted by Crippen LogP contribution is -2.21. The third-order valence-corrected chi connectivity index (χ3v) is 4.40. The molecule has 1 amide bonds. The molecule has 124 valence electrons. The van der Waals surface area contributed by atoms with E-state index in [2.05, 4.69) is 15.5 Å². The number of rotatable bonds is 3. The number of carbonyl (C=O) groups excluding carboxylic acids is 1. The maximum Gasteiger partial charge on any atom is 0.229 e. The van der Waals surface area contributed by atoms with E-state index in [1.807, 2.05) is 37.3 Å². The summed E-state index contributed by atoms with van der Waals surface area (Å²) >= 11 is 0. The number of aromatic amines is 1. The summed E-state index contributed by atoms with van der Waals surface area (Å²) in [6, 6.07) is 5.78. The van der Waals surface area contributed by atoms with Crippen LogP contribution < -0.4 is 14.8 Å². The number of aryl methyl sites for hydroxylation is 1. The van der Waals surface area contributed by atoms with Gasteiger partial charge in [0, 0.05) is 17.2 Å². The van der Waals surface area contributed by atoms with Crippen molar-refractivity contribution < 1.29 is 14.3 Å². The number of hydrogen-bond acceptors (Lipinski definition) is 4. The predicted molar refractivity (Wildman–Crippen MR) is 90.2 cm³/mol. The summed E-state index contributed by atoms with van der Waals surface area (Å²) in [6.45, 7) is 3.04. The summed E-state index contributed by atoms with van der Waals surface area (Å²) in [6.07, 6.45) is 5.66. The Morgan fingerprint density at radius 2 is 1.96 bits per heavy atom. The normalized spacial score (nSPS) is 16.4. The van der Waals surface area contributed by atoms with Crippen LogP contribution in [0.1, 0.15) is 18.5 Å². The molecule has 1 aromatic carbocycles. The van der Waals surface area contributed by atoms with Crippen LogP contribution in [0.5, 0.6) is 11.5 Å². The minimum atomic E-state index is -0.00452. The van der Waals surface area contributed by atoms with Crippen LogP contribution in [0.2, 0.25) is 0 Å². The van der Waals surface area contributed by atoms with Crippen LogP contribution in [0.25, 0.3) is 11.1 Å². The van der Waals surface area contributed by atoms with Crippen molar-refractivity contribution in [3.63, 3.8) is 0 Å². The fourth-order valence-corrected chi connectivity index (χ4v) is 3.12. The number of amides is 1. The molecular weight excluding hydrogens is 306 g/mol. The molecule has 2 aromatic rings. The van der Waals surface area contributed by atoms with Gasteiger partial charge in [0.25, 0.3) is 0 Å². The Balaban J connectivity index is 1.63. The molecule has 2 N–H and O–H groups in total. The molecule has 4 rings (SSSR count). The highest BCUT2D eigenvalue weighted by atomic mass is 16.6. The van der Waals surface area contributed by atoms with Gasteiger partial charge in [0.1, 0.15) is 13.2 Å². The highest BCUT2D eigenvalue weighted by molar-refractivity contribution is 5.96. The van der Waals surface area contributed by atoms with Gasteiger partial charge in [0.2, 0.25) is 5.91 Å². The van der Waals surface area contributed by atoms with E-state index in [0.717, 1.165) is 41.2 Å². The fourth-order valence-electron chi connectivity index (χ4n) is 3.12. The van der Waals surface area contributed by atoms with Crippen molar-refractivity contribution in [2.75, 3.05) is 18.5 Å². The monoisotopic (exact) mass is 325 g/mol. The lowest BCUT2D eigenvalue weighted by molar-refractivity contribution is -0.119. The summed E-state index contributed by atoms with van der Waals surface area (Å²) < 4.78 is 11.2. The minimum Gasteiger partial charge on any atom is -0.486 e. The molecule has 0 unspecified atom stereocenters. The molecule has 6 heteroatoms. The summed E-state index contributed by atoms with van der Waals surface area (Å²) in [7, 11) is 0. The van der Waals surface area contributed by atoms with Crippen LogP contribution in [-0.2, 0) is 4.79 Å². The number of nitrogens with one attached hydrogen (secondary N) is 2. The van der Waals surface area contributed by atoms with Gasteiger partial charge < -0.3 is 14.8 Å². The number of nitrogens with zero attached hydrogens (tertiary/aromatic N) is 1. The molecule has 2 heterocycles. The number of benzene rings is 1. The van der Waals surface area contributed by atoms with Crippen LogP contribution in [0.4, 0.5) is 5.82 Å². The van der Waals surface area contributed by atoms with Crippen molar-refractivity contribution >= 4 is 11.7 Å². The Morgan fingerprint density at radius 3 is 2.75 bits per heavy atom. The Hall–Kier alpha value is -2.76. The van der Waals surface area contributed by atoms with Crippen molar-refractivity contribution in [3.8, 4) is 22.6 Å². The molecule has 6 nitrogen and oxygen atoms in total. The SMILES string of the molecule is Cc1[nH]nc(NC(=O)C2CC=CC2)c1-c1ccc2c(c1)OCCO2. The van der Waals surface area contributed by atoms with Gasteiger partial charge in [-0.3, -0.25) is 9.89 Å². The first-order valence-corrected chi connectivity index (χ1v) is 8.13. The number of hydrogen-bond donors (Lipinski definition) is 2. The largest absolute Gasteiger partial charge is 0.486 e. The average molecular weight is 325 g/mol. The summed E-state index contributed by atoms with van der Waals surface area (Å²) in [4.78, 5) is 12.4. The van der Waals surface area contributed by atoms with Crippen LogP contribution in [0.15, 0.2) is 30.4 Å². The Labute approximate surface area is 139 Å². The molecule has 0 bridgehead atoms. The highest BCUT2D eigenvalue weighted by Crippen LogP contribution is 2.37. The molecule has 0 spiro atoms. The molecular formula is C18H19N3O3. The maximum absolute atomic E-state index is 12.4. The van der Waals surface area contributed by atoms with E-state index >= 15 is 0 Å². The van der Waals surface area contributed by atoms with Gasteiger partial charge in [0.15, 0.2) is 17.3 Å². The number of fused-ring (bicyclic) bond motifs is 1. The van der Waals surface area contributed by atoms with Crippen LogP contribution in [0, 0.1) is 12.8 Å². The third kappa shape index (κ3) is 2.64. The molecule has 24 heavy (non-hydrogen) atoms. The molecule has 1 aliphatic carbocycles. The van der Waals surface area contributed by atoms with Crippen molar-refractivity contribution in [1.29, 1.82) is 0 Å². The van der Waals surface area contributed by atoms with Gasteiger partial charge in [0.05, 0.1) is 0 Å². The zero-order chi connectivity index (χ0) is 16.5. The predicted octanol–water partition coefficient (Wildman–Crippen LogP) is 3.06. The molecule has 0 radical (unpaired) electrons. The number of anilines is 1. The van der Waals surface area contributed by atoms with Gasteiger partial charge in [-0.25, -0.2) is 0 Å². The molecule has 2 aliphatic rings. The van der Waals surface area contributed by atoms with E-state index in [9.17, 15) is 4.79 Å². The number of carbonyl (C=O) groups is 1. The standard InChI is InChI=1S/C18H19N3O3/c1-11-16(13-6-7-14-15(10-13)24-9-8-23-14)17(21-20-11)19-18(22)12-4-2-3-5-12/h2-3,6-7,10,12H,4-5,8-9H2,1H3,(H2,19,20,21,22). The summed E-state index contributed by atoms with van der Waals surface area (Å²) in [5, 5.41) is 10.2. The van der Waals surface area contributed by atoms with Crippen LogP contribution in [-0.4, -0.2) is 29.3 Å². The fraction of sp³-hybridized carbons (Fsp3) is 0.333. The van der Waals surface area contributed by atoms with Crippen LogP contribution >= 0.6 is 0 Å². The van der Waals surface area contributed by atoms with Crippen LogP contribution in [0.3, 0.4) is 0 Å². The van der Waals surface area contributed by atoms with Crippen molar-refractivity contribution in [2.45, 2.75) is 19.8 Å². The summed E-state index contributed by atoms with van der Waals surface area (Å²) in [5.41, 5.74) is 2.71. The third-order valence-electron chi connectivity index (χ3n) is 4.40. The number of allylic oxidation sites excluding steroid dienone is 2. The van der Waals surface area contributed by atoms with Gasteiger partial charge in [-0.1, -0.05) is 18.2 Å². The topological polar surface area (TPSA) is 76.2 Å². The first-order valence-electron chi connectivity index (χ1n) is 8.13. The van der Waals surface area contributed by atoms with Crippen molar-refractivity contribution in [2.24, 2.45) is 5.92 Å². The summed E-state index contributed by atoms with van der Waals surface area (Å²) in [5.74, 6) is 2.02. The van der Waals surface area contributed by atoms with Gasteiger partial charge >= 0.3 is 0 Å². The highest BCUT2D eigenvalue weighted by Gasteiger charge is 2.23. The number of H-pyrrole nitrogens is 1. The second kappa shape index (κ2) is 6.03. The van der Waals surface area contributed by atoms with E-state index in [4.69, 9.17) is 9.47 Å². The van der Waals surface area contributed by atoms with Gasteiger partial charge in [-0.15, -0.1) is 0 Å². The average Bonchev–Trinajstić information content (AvgIpc) is 3.25. The number of ether oxygens (including phenoxy) is 2. The second-order valence-corrected chi connectivity index (χ2v) is 6.06. The molecule has 1 aliphatic heterocycles. The van der Waals surface area contributed by atoms with Crippen molar-refractivity contribution in [1.82, 2.24) is 10.2 Å². The Kier molecular flexibility index (Phi) is 3.72. The van der Waals surface area contributed by atoms with Gasteiger partial charge in [-0.05, 0) is 37.5 Å². The van der Waals surface area contributed by atoms with E-state index < -0.39 is 0 Å². The first-order chi connectivity index (χ1) is 11.7. The zero-order valence-corrected chi connectivity index (χ0v) is 13.5. The molecule has 0 fully saturated rings. The Morgan fingerprint density at radius 1 is 1.21 bits per heavy atom.